The maximum Gasteiger partial charge on any atom is 0.309 e. The Morgan fingerprint density at radius 2 is 2.35 bits per heavy atom. The predicted molar refractivity (Wildman–Crippen MR) is 62.7 cm³/mol. The topological polar surface area (TPSA) is 48.1 Å². The lowest BCUT2D eigenvalue weighted by Crippen LogP contribution is -2.28. The molecule has 0 N–H and O–H groups in total. The Morgan fingerprint density at radius 1 is 1.59 bits per heavy atom. The number of esters is 1. The molecule has 4 nitrogen and oxygen atoms in total. The minimum Gasteiger partial charge on any atom is -0.465 e. The van der Waals surface area contributed by atoms with Gasteiger partial charge in [-0.2, -0.15) is 0 Å². The molecule has 98 valence electrons. The van der Waals surface area contributed by atoms with Crippen LogP contribution in [0, 0.1) is 5.92 Å². The van der Waals surface area contributed by atoms with Gasteiger partial charge in [-0.15, -0.1) is 0 Å². The van der Waals surface area contributed by atoms with Crippen molar-refractivity contribution in [2.45, 2.75) is 57.3 Å². The van der Waals surface area contributed by atoms with Crippen molar-refractivity contribution in [3.63, 3.8) is 0 Å². The quantitative estimate of drug-likeness (QED) is 0.546. The summed E-state index contributed by atoms with van der Waals surface area (Å²) in [5.74, 6) is -0.0284. The summed E-state index contributed by atoms with van der Waals surface area (Å²) >= 11 is 0. The smallest absolute Gasteiger partial charge is 0.309 e. The minimum atomic E-state index is -0.0640. The van der Waals surface area contributed by atoms with Crippen LogP contribution in [0.2, 0.25) is 0 Å². The van der Waals surface area contributed by atoms with Crippen LogP contribution in [0.25, 0.3) is 0 Å². The van der Waals surface area contributed by atoms with Crippen molar-refractivity contribution in [1.82, 2.24) is 0 Å². The largest absolute Gasteiger partial charge is 0.465 e. The average molecular weight is 242 g/mol. The molecule has 0 amide bonds. The first-order valence-electron chi connectivity index (χ1n) is 6.42. The molecule has 1 aliphatic heterocycles. The summed E-state index contributed by atoms with van der Waals surface area (Å²) in [6, 6.07) is 0. The summed E-state index contributed by atoms with van der Waals surface area (Å²) < 4.78 is 16.0. The molecule has 1 saturated heterocycles. The first-order chi connectivity index (χ1) is 8.05. The number of hydrogen-bond donors (Lipinski definition) is 0. The van der Waals surface area contributed by atoms with E-state index < -0.39 is 0 Å². The van der Waals surface area contributed by atoms with Gasteiger partial charge >= 0.3 is 5.97 Å². The fourth-order valence-corrected chi connectivity index (χ4v) is 2.42. The number of methoxy groups -OCH3 is 1. The molecule has 2 fully saturated rings. The third-order valence-electron chi connectivity index (χ3n) is 4.03. The molecule has 1 aliphatic carbocycles. The lowest BCUT2D eigenvalue weighted by molar-refractivity contribution is -0.150. The summed E-state index contributed by atoms with van der Waals surface area (Å²) in [5.41, 5.74) is 0.0708. The van der Waals surface area contributed by atoms with Gasteiger partial charge in [0.1, 0.15) is 0 Å². The Kier molecular flexibility index (Phi) is 3.73. The van der Waals surface area contributed by atoms with Crippen molar-refractivity contribution in [2.75, 3.05) is 13.7 Å². The van der Waals surface area contributed by atoms with Gasteiger partial charge in [-0.1, -0.05) is 0 Å². The van der Waals surface area contributed by atoms with Gasteiger partial charge in [0.15, 0.2) is 0 Å². The monoisotopic (exact) mass is 242 g/mol. The zero-order chi connectivity index (χ0) is 12.5. The van der Waals surface area contributed by atoms with Gasteiger partial charge in [0.2, 0.25) is 0 Å². The number of carbonyl (C=O) groups is 1. The minimum absolute atomic E-state index is 0.0356. The lowest BCUT2D eigenvalue weighted by atomic mass is 9.83. The van der Waals surface area contributed by atoms with Crippen molar-refractivity contribution in [2.24, 2.45) is 5.92 Å². The van der Waals surface area contributed by atoms with Crippen molar-refractivity contribution in [1.29, 1.82) is 0 Å². The fourth-order valence-electron chi connectivity index (χ4n) is 2.42. The van der Waals surface area contributed by atoms with Gasteiger partial charge in [-0.05, 0) is 33.1 Å². The Morgan fingerprint density at radius 3 is 3.00 bits per heavy atom. The number of carbonyl (C=O) groups excluding carboxylic acids is 1. The van der Waals surface area contributed by atoms with E-state index in [-0.39, 0.29) is 29.7 Å². The summed E-state index contributed by atoms with van der Waals surface area (Å²) in [7, 11) is 1.67. The number of hydrogen-bond acceptors (Lipinski definition) is 4. The third-order valence-corrected chi connectivity index (χ3v) is 4.03. The molecule has 4 unspecified atom stereocenters. The highest BCUT2D eigenvalue weighted by atomic mass is 16.6. The highest BCUT2D eigenvalue weighted by molar-refractivity contribution is 5.72. The number of fused-ring (bicyclic) bond motifs is 1. The molecule has 4 heteroatoms. The summed E-state index contributed by atoms with van der Waals surface area (Å²) in [4.78, 5) is 11.8. The van der Waals surface area contributed by atoms with Gasteiger partial charge in [0, 0.05) is 13.5 Å². The van der Waals surface area contributed by atoms with Gasteiger partial charge < -0.3 is 14.2 Å². The van der Waals surface area contributed by atoms with Crippen LogP contribution in [0.4, 0.5) is 0 Å². The van der Waals surface area contributed by atoms with Crippen LogP contribution in [0.3, 0.4) is 0 Å². The first kappa shape index (κ1) is 12.8. The second-order valence-corrected chi connectivity index (χ2v) is 5.39. The molecule has 0 aromatic carbocycles. The van der Waals surface area contributed by atoms with Gasteiger partial charge in [-0.3, -0.25) is 4.79 Å². The summed E-state index contributed by atoms with van der Waals surface area (Å²) in [5, 5.41) is 0. The normalized spacial score (nSPS) is 37.1. The second-order valence-electron chi connectivity index (χ2n) is 5.39. The van der Waals surface area contributed by atoms with Crippen LogP contribution in [0.5, 0.6) is 0 Å². The number of ether oxygens (including phenoxy) is 3. The van der Waals surface area contributed by atoms with E-state index in [1.165, 1.54) is 0 Å². The van der Waals surface area contributed by atoms with E-state index in [1.807, 2.05) is 6.92 Å². The number of rotatable bonds is 5. The predicted octanol–water partition coefficient (Wildman–Crippen LogP) is 1.91. The molecular formula is C13H22O4. The fraction of sp³-hybridized carbons (Fsp3) is 0.923. The molecule has 0 aromatic heterocycles. The van der Waals surface area contributed by atoms with Crippen LogP contribution in [-0.2, 0) is 19.0 Å². The molecule has 0 spiro atoms. The Hall–Kier alpha value is -0.610. The van der Waals surface area contributed by atoms with E-state index in [2.05, 4.69) is 6.92 Å². The van der Waals surface area contributed by atoms with Crippen molar-refractivity contribution in [3.05, 3.63) is 0 Å². The Labute approximate surface area is 103 Å². The van der Waals surface area contributed by atoms with E-state index in [1.54, 1.807) is 7.11 Å². The molecule has 2 rings (SSSR count). The molecule has 1 saturated carbocycles. The molecule has 0 radical (unpaired) electrons. The molecule has 2 aliphatic rings. The first-order valence-corrected chi connectivity index (χ1v) is 6.42. The molecule has 0 aromatic rings. The van der Waals surface area contributed by atoms with Crippen LogP contribution in [0.1, 0.15) is 39.5 Å². The average Bonchev–Trinajstić information content (AvgIpc) is 2.99. The molecule has 1 heterocycles. The zero-order valence-corrected chi connectivity index (χ0v) is 10.9. The highest BCUT2D eigenvalue weighted by Crippen LogP contribution is 2.49. The van der Waals surface area contributed by atoms with E-state index in [4.69, 9.17) is 14.2 Å². The summed E-state index contributed by atoms with van der Waals surface area (Å²) in [6.45, 7) is 4.55. The van der Waals surface area contributed by atoms with Crippen LogP contribution in [0.15, 0.2) is 0 Å². The standard InChI is InChI=1S/C13H22O4/c1-9(15-3)5-7-16-12(14)10-4-6-13(2)11(8-10)17-13/h9-11H,4-8H2,1-3H3. The van der Waals surface area contributed by atoms with E-state index >= 15 is 0 Å². The van der Waals surface area contributed by atoms with Crippen molar-refractivity contribution in [3.8, 4) is 0 Å². The van der Waals surface area contributed by atoms with Gasteiger partial charge in [-0.25, -0.2) is 0 Å². The molecule has 0 bridgehead atoms. The third kappa shape index (κ3) is 2.99. The second kappa shape index (κ2) is 4.94. The van der Waals surface area contributed by atoms with E-state index in [0.29, 0.717) is 6.61 Å². The molecule has 4 atom stereocenters. The van der Waals surface area contributed by atoms with Gasteiger partial charge in [0.05, 0.1) is 30.3 Å². The van der Waals surface area contributed by atoms with Crippen LogP contribution in [-0.4, -0.2) is 37.5 Å². The summed E-state index contributed by atoms with van der Waals surface area (Å²) in [6.07, 6.45) is 3.88. The van der Waals surface area contributed by atoms with Crippen molar-refractivity contribution >= 4 is 5.97 Å². The maximum atomic E-state index is 11.8. The van der Waals surface area contributed by atoms with E-state index in [0.717, 1.165) is 25.7 Å². The maximum absolute atomic E-state index is 11.8. The Bertz CT molecular complexity index is 291. The van der Waals surface area contributed by atoms with Crippen LogP contribution >= 0.6 is 0 Å². The van der Waals surface area contributed by atoms with E-state index in [9.17, 15) is 4.79 Å². The zero-order valence-electron chi connectivity index (χ0n) is 10.9. The van der Waals surface area contributed by atoms with Crippen LogP contribution < -0.4 is 0 Å². The Balaban J connectivity index is 1.67. The lowest BCUT2D eigenvalue weighted by Gasteiger charge is -2.21. The molecule has 17 heavy (non-hydrogen) atoms. The molecular weight excluding hydrogens is 220 g/mol. The SMILES string of the molecule is COC(C)CCOC(=O)C1CCC2(C)OC2C1. The highest BCUT2D eigenvalue weighted by Gasteiger charge is 2.56. The number of epoxide rings is 1. The van der Waals surface area contributed by atoms with Crippen molar-refractivity contribution < 1.29 is 19.0 Å². The van der Waals surface area contributed by atoms with Gasteiger partial charge in [0.25, 0.3) is 0 Å².